The average molecular weight is 328 g/mol. The molecule has 0 bridgehead atoms. The molecule has 0 aliphatic carbocycles. The molecule has 6 nitrogen and oxygen atoms in total. The Morgan fingerprint density at radius 2 is 1.95 bits per heavy atom. The van der Waals surface area contributed by atoms with Crippen LogP contribution in [0.25, 0.3) is 0 Å². The first kappa shape index (κ1) is 17.2. The summed E-state index contributed by atoms with van der Waals surface area (Å²) in [5, 5.41) is 4.94. The number of hydrogen-bond acceptors (Lipinski definition) is 5. The van der Waals surface area contributed by atoms with Crippen LogP contribution in [-0.4, -0.2) is 20.6 Å². The Bertz CT molecular complexity index is 614. The van der Waals surface area contributed by atoms with Gasteiger partial charge in [-0.25, -0.2) is 5.14 Å². The summed E-state index contributed by atoms with van der Waals surface area (Å²) < 4.78 is 33.3. The van der Waals surface area contributed by atoms with Crippen molar-refractivity contribution in [2.75, 3.05) is 12.3 Å². The van der Waals surface area contributed by atoms with Crippen molar-refractivity contribution in [1.82, 2.24) is 0 Å². The molecule has 22 heavy (non-hydrogen) atoms. The summed E-state index contributed by atoms with van der Waals surface area (Å²) in [6.07, 6.45) is 2.12. The lowest BCUT2D eigenvalue weighted by Gasteiger charge is -2.27. The predicted molar refractivity (Wildman–Crippen MR) is 85.2 cm³/mol. The lowest BCUT2D eigenvalue weighted by molar-refractivity contribution is -0.0525. The van der Waals surface area contributed by atoms with Crippen molar-refractivity contribution >= 4 is 16.0 Å². The Hall–Kier alpha value is -1.15. The molecule has 1 aliphatic rings. The van der Waals surface area contributed by atoms with E-state index in [1.54, 1.807) is 0 Å². The molecule has 1 fully saturated rings. The fourth-order valence-electron chi connectivity index (χ4n) is 3.12. The van der Waals surface area contributed by atoms with E-state index in [9.17, 15) is 8.42 Å². The lowest BCUT2D eigenvalue weighted by atomic mass is 9.86. The number of nitrogen functional groups attached to an aromatic ring is 1. The van der Waals surface area contributed by atoms with Gasteiger partial charge >= 0.3 is 10.3 Å². The van der Waals surface area contributed by atoms with Crippen LogP contribution >= 0.6 is 0 Å². The summed E-state index contributed by atoms with van der Waals surface area (Å²) in [6.45, 7) is 4.13. The van der Waals surface area contributed by atoms with Crippen LogP contribution in [0.4, 0.5) is 5.69 Å². The molecule has 0 unspecified atom stereocenters. The third-order valence-corrected chi connectivity index (χ3v) is 4.94. The molecule has 1 aromatic carbocycles. The van der Waals surface area contributed by atoms with Crippen LogP contribution in [0.15, 0.2) is 24.3 Å². The summed E-state index contributed by atoms with van der Waals surface area (Å²) in [6, 6.07) is 7.47. The molecule has 1 aliphatic heterocycles. The van der Waals surface area contributed by atoms with Gasteiger partial charge in [0.1, 0.15) is 0 Å². The number of nitrogens with two attached hydrogens (primary N) is 2. The molecule has 0 aromatic heterocycles. The van der Waals surface area contributed by atoms with Gasteiger partial charge in [0.25, 0.3) is 0 Å². The van der Waals surface area contributed by atoms with Gasteiger partial charge in [0, 0.05) is 17.2 Å². The van der Waals surface area contributed by atoms with Crippen molar-refractivity contribution in [2.24, 2.45) is 11.1 Å². The first-order valence-corrected chi connectivity index (χ1v) is 8.97. The van der Waals surface area contributed by atoms with Gasteiger partial charge in [0.2, 0.25) is 0 Å². The highest BCUT2D eigenvalue weighted by Gasteiger charge is 2.45. The molecule has 124 valence electrons. The maximum atomic E-state index is 11.1. The fourth-order valence-corrected chi connectivity index (χ4v) is 3.48. The monoisotopic (exact) mass is 328 g/mol. The van der Waals surface area contributed by atoms with E-state index in [-0.39, 0.29) is 24.2 Å². The first-order chi connectivity index (χ1) is 10.3. The normalized spacial score (nSPS) is 24.5. The maximum absolute atomic E-state index is 11.1. The van der Waals surface area contributed by atoms with Gasteiger partial charge in [-0.15, -0.1) is 0 Å². The van der Waals surface area contributed by atoms with Crippen LogP contribution in [0, 0.1) is 5.92 Å². The lowest BCUT2D eigenvalue weighted by Crippen LogP contribution is -2.26. The van der Waals surface area contributed by atoms with E-state index < -0.39 is 10.3 Å². The van der Waals surface area contributed by atoms with E-state index in [1.165, 1.54) is 0 Å². The van der Waals surface area contributed by atoms with E-state index in [2.05, 4.69) is 13.8 Å². The summed E-state index contributed by atoms with van der Waals surface area (Å²) in [7, 11) is -3.96. The molecule has 0 amide bonds. The Morgan fingerprint density at radius 1 is 1.32 bits per heavy atom. The van der Waals surface area contributed by atoms with Gasteiger partial charge in [-0.05, 0) is 25.3 Å². The van der Waals surface area contributed by atoms with Crippen molar-refractivity contribution in [3.05, 3.63) is 29.8 Å². The van der Waals surface area contributed by atoms with Gasteiger partial charge in [-0.1, -0.05) is 32.0 Å². The van der Waals surface area contributed by atoms with Crippen molar-refractivity contribution in [3.63, 3.8) is 0 Å². The summed E-state index contributed by atoms with van der Waals surface area (Å²) >= 11 is 0. The molecule has 0 saturated carbocycles. The van der Waals surface area contributed by atoms with Gasteiger partial charge in [0.05, 0.1) is 18.3 Å². The predicted octanol–water partition coefficient (Wildman–Crippen LogP) is 2.13. The molecule has 1 saturated heterocycles. The quantitative estimate of drug-likeness (QED) is 0.778. The van der Waals surface area contributed by atoms with Crippen LogP contribution in [-0.2, 0) is 19.2 Å². The molecule has 2 rings (SSSR count). The number of anilines is 1. The third-order valence-electron chi connectivity index (χ3n) is 4.48. The molecule has 2 atom stereocenters. The number of rotatable bonds is 6. The molecule has 7 heteroatoms. The Labute approximate surface area is 132 Å². The van der Waals surface area contributed by atoms with Gasteiger partial charge in [0.15, 0.2) is 0 Å². The Kier molecular flexibility index (Phi) is 5.11. The number of para-hydroxylation sites is 1. The Morgan fingerprint density at radius 3 is 2.50 bits per heavy atom. The average Bonchev–Trinajstić information content (AvgIpc) is 2.85. The topological polar surface area (TPSA) is 105 Å². The maximum Gasteiger partial charge on any atom is 0.333 e. The molecular formula is C15H24N2O4S. The zero-order chi connectivity index (χ0) is 16.4. The fraction of sp³-hybridized carbons (Fsp3) is 0.600. The van der Waals surface area contributed by atoms with Gasteiger partial charge in [-0.3, -0.25) is 4.18 Å². The van der Waals surface area contributed by atoms with Crippen molar-refractivity contribution < 1.29 is 17.3 Å². The van der Waals surface area contributed by atoms with E-state index >= 15 is 0 Å². The summed E-state index contributed by atoms with van der Waals surface area (Å²) in [5.74, 6) is -0.108. The van der Waals surface area contributed by atoms with E-state index in [0.717, 1.165) is 18.4 Å². The van der Waals surface area contributed by atoms with Crippen molar-refractivity contribution in [2.45, 2.75) is 44.8 Å². The first-order valence-electron chi connectivity index (χ1n) is 7.49. The SMILES string of the molecule is CCC1(CC)C[C@@H](COS(N)(=O)=O)[C@H](c2ccccc2N)O1. The smallest absolute Gasteiger partial charge is 0.333 e. The van der Waals surface area contributed by atoms with Crippen molar-refractivity contribution in [1.29, 1.82) is 0 Å². The molecule has 0 spiro atoms. The summed E-state index contributed by atoms with van der Waals surface area (Å²) in [5.41, 5.74) is 7.28. The molecular weight excluding hydrogens is 304 g/mol. The number of hydrogen-bond donors (Lipinski definition) is 2. The summed E-state index contributed by atoms with van der Waals surface area (Å²) in [4.78, 5) is 0. The largest absolute Gasteiger partial charge is 0.398 e. The molecule has 1 heterocycles. The van der Waals surface area contributed by atoms with E-state index in [1.807, 2.05) is 24.3 Å². The zero-order valence-corrected chi connectivity index (χ0v) is 13.8. The molecule has 1 aromatic rings. The number of ether oxygens (including phenoxy) is 1. The highest BCUT2D eigenvalue weighted by molar-refractivity contribution is 7.84. The second-order valence-corrected chi connectivity index (χ2v) is 7.02. The Balaban J connectivity index is 2.29. The van der Waals surface area contributed by atoms with E-state index in [4.69, 9.17) is 19.8 Å². The number of benzene rings is 1. The third kappa shape index (κ3) is 3.78. The van der Waals surface area contributed by atoms with Gasteiger partial charge < -0.3 is 10.5 Å². The second-order valence-electron chi connectivity index (χ2n) is 5.80. The molecule has 4 N–H and O–H groups in total. The highest BCUT2D eigenvalue weighted by Crippen LogP contribution is 2.48. The van der Waals surface area contributed by atoms with Crippen molar-refractivity contribution in [3.8, 4) is 0 Å². The van der Waals surface area contributed by atoms with Crippen LogP contribution in [0.5, 0.6) is 0 Å². The van der Waals surface area contributed by atoms with Crippen LogP contribution in [0.2, 0.25) is 0 Å². The highest BCUT2D eigenvalue weighted by atomic mass is 32.2. The minimum Gasteiger partial charge on any atom is -0.398 e. The van der Waals surface area contributed by atoms with Gasteiger partial charge in [-0.2, -0.15) is 8.42 Å². The van der Waals surface area contributed by atoms with E-state index in [0.29, 0.717) is 12.1 Å². The zero-order valence-electron chi connectivity index (χ0n) is 13.0. The standard InChI is InChI=1S/C15H24N2O4S/c1-3-15(4-2)9-11(10-20-22(17,18)19)14(21-15)12-7-5-6-8-13(12)16/h5-8,11,14H,3-4,9-10,16H2,1-2H3,(H2,17,18,19)/t11-,14+/m0/s1. The second kappa shape index (κ2) is 6.54. The minimum atomic E-state index is -3.96. The molecule has 0 radical (unpaired) electrons. The van der Waals surface area contributed by atoms with Crippen LogP contribution < -0.4 is 10.9 Å². The van der Waals surface area contributed by atoms with Crippen LogP contribution in [0.1, 0.15) is 44.8 Å². The minimum absolute atomic E-state index is 0.000412. The van der Waals surface area contributed by atoms with Crippen LogP contribution in [0.3, 0.4) is 0 Å².